The van der Waals surface area contributed by atoms with E-state index in [4.69, 9.17) is 14.6 Å². The quantitative estimate of drug-likeness (QED) is 0.731. The fourth-order valence-corrected chi connectivity index (χ4v) is 1.36. The highest BCUT2D eigenvalue weighted by atomic mass is 16.5. The van der Waals surface area contributed by atoms with Crippen molar-refractivity contribution in [3.8, 4) is 0 Å². The van der Waals surface area contributed by atoms with Gasteiger partial charge in [-0.1, -0.05) is 0 Å². The molecule has 1 heterocycles. The van der Waals surface area contributed by atoms with Gasteiger partial charge < -0.3 is 19.9 Å². The highest BCUT2D eigenvalue weighted by molar-refractivity contribution is 5.94. The summed E-state index contributed by atoms with van der Waals surface area (Å²) in [4.78, 5) is 26.0. The minimum atomic E-state index is -1.13. The molecular formula is C12H16N2O5. The Morgan fingerprint density at radius 3 is 2.63 bits per heavy atom. The van der Waals surface area contributed by atoms with E-state index in [1.54, 1.807) is 7.11 Å². The number of carboxylic acid groups (broad SMARTS) is 1. The van der Waals surface area contributed by atoms with E-state index < -0.39 is 5.97 Å². The van der Waals surface area contributed by atoms with Crippen LogP contribution in [0.3, 0.4) is 0 Å². The van der Waals surface area contributed by atoms with Gasteiger partial charge in [0, 0.05) is 27.0 Å². The van der Waals surface area contributed by atoms with E-state index in [1.165, 1.54) is 25.4 Å². The fourth-order valence-electron chi connectivity index (χ4n) is 1.36. The SMILES string of the molecule is COCC(CNC(=O)c1ccc(C(=O)O)nc1)OC. The first-order valence-electron chi connectivity index (χ1n) is 5.57. The van der Waals surface area contributed by atoms with Crippen LogP contribution in [-0.4, -0.2) is 55.4 Å². The number of methoxy groups -OCH3 is 2. The standard InChI is InChI=1S/C12H16N2O5/c1-18-7-9(19-2)6-14-11(15)8-3-4-10(12(16)17)13-5-8/h3-5,9H,6-7H2,1-2H3,(H,14,15)(H,16,17). The molecule has 0 aliphatic heterocycles. The van der Waals surface area contributed by atoms with E-state index in [0.717, 1.165) is 0 Å². The first kappa shape index (κ1) is 15.1. The van der Waals surface area contributed by atoms with E-state index in [1.807, 2.05) is 0 Å². The third kappa shape index (κ3) is 4.65. The number of aromatic carboxylic acids is 1. The highest BCUT2D eigenvalue weighted by Gasteiger charge is 2.12. The first-order chi connectivity index (χ1) is 9.08. The van der Waals surface area contributed by atoms with Gasteiger partial charge in [0.15, 0.2) is 0 Å². The molecule has 0 saturated heterocycles. The van der Waals surface area contributed by atoms with Crippen LogP contribution in [0.2, 0.25) is 0 Å². The number of aromatic nitrogens is 1. The predicted octanol–water partition coefficient (Wildman–Crippen LogP) is 0.171. The molecule has 19 heavy (non-hydrogen) atoms. The Bertz CT molecular complexity index is 432. The van der Waals surface area contributed by atoms with Crippen molar-refractivity contribution in [3.05, 3.63) is 29.6 Å². The zero-order valence-corrected chi connectivity index (χ0v) is 10.8. The second-order valence-electron chi connectivity index (χ2n) is 3.76. The Balaban J connectivity index is 2.55. The van der Waals surface area contributed by atoms with Gasteiger partial charge in [-0.3, -0.25) is 4.79 Å². The zero-order chi connectivity index (χ0) is 14.3. The van der Waals surface area contributed by atoms with Crippen molar-refractivity contribution in [1.29, 1.82) is 0 Å². The monoisotopic (exact) mass is 268 g/mol. The molecule has 0 aliphatic rings. The van der Waals surface area contributed by atoms with E-state index in [0.29, 0.717) is 13.2 Å². The lowest BCUT2D eigenvalue weighted by Gasteiger charge is -2.14. The average molecular weight is 268 g/mol. The molecule has 0 fully saturated rings. The molecule has 1 aromatic rings. The third-order valence-electron chi connectivity index (χ3n) is 2.42. The van der Waals surface area contributed by atoms with Gasteiger partial charge in [0.1, 0.15) is 5.69 Å². The third-order valence-corrected chi connectivity index (χ3v) is 2.42. The van der Waals surface area contributed by atoms with E-state index in [-0.39, 0.29) is 23.3 Å². The van der Waals surface area contributed by atoms with Crippen LogP contribution in [0.25, 0.3) is 0 Å². The summed E-state index contributed by atoms with van der Waals surface area (Å²) < 4.78 is 10.0. The zero-order valence-electron chi connectivity index (χ0n) is 10.8. The van der Waals surface area contributed by atoms with Crippen LogP contribution in [0.1, 0.15) is 20.8 Å². The lowest BCUT2D eigenvalue weighted by Crippen LogP contribution is -2.35. The van der Waals surface area contributed by atoms with Crippen molar-refractivity contribution < 1.29 is 24.2 Å². The Kier molecular flexibility index (Phi) is 5.91. The number of rotatable bonds is 7. The smallest absolute Gasteiger partial charge is 0.354 e. The van der Waals surface area contributed by atoms with Gasteiger partial charge in [-0.15, -0.1) is 0 Å². The normalized spacial score (nSPS) is 11.9. The fraction of sp³-hybridized carbons (Fsp3) is 0.417. The van der Waals surface area contributed by atoms with Gasteiger partial charge in [-0.2, -0.15) is 0 Å². The summed E-state index contributed by atoms with van der Waals surface area (Å²) in [5, 5.41) is 11.3. The van der Waals surface area contributed by atoms with E-state index >= 15 is 0 Å². The number of amides is 1. The number of carbonyl (C=O) groups is 2. The van der Waals surface area contributed by atoms with Crippen LogP contribution in [0.4, 0.5) is 0 Å². The number of nitrogens with one attached hydrogen (secondary N) is 1. The van der Waals surface area contributed by atoms with E-state index in [2.05, 4.69) is 10.3 Å². The molecule has 2 N–H and O–H groups in total. The van der Waals surface area contributed by atoms with Gasteiger partial charge in [-0.25, -0.2) is 9.78 Å². The summed E-state index contributed by atoms with van der Waals surface area (Å²) in [6, 6.07) is 2.68. The maximum absolute atomic E-state index is 11.8. The van der Waals surface area contributed by atoms with Crippen molar-refractivity contribution >= 4 is 11.9 Å². The highest BCUT2D eigenvalue weighted by Crippen LogP contribution is 2.01. The van der Waals surface area contributed by atoms with Gasteiger partial charge in [0.25, 0.3) is 5.91 Å². The average Bonchev–Trinajstić information content (AvgIpc) is 2.43. The minimum absolute atomic E-state index is 0.106. The van der Waals surface area contributed by atoms with Crippen molar-refractivity contribution in [2.75, 3.05) is 27.4 Å². The van der Waals surface area contributed by atoms with E-state index in [9.17, 15) is 9.59 Å². The molecule has 0 bridgehead atoms. The van der Waals surface area contributed by atoms with Crippen LogP contribution < -0.4 is 5.32 Å². The molecule has 1 unspecified atom stereocenters. The largest absolute Gasteiger partial charge is 0.477 e. The predicted molar refractivity (Wildman–Crippen MR) is 66.2 cm³/mol. The van der Waals surface area contributed by atoms with Crippen LogP contribution in [0, 0.1) is 0 Å². The molecular weight excluding hydrogens is 252 g/mol. The van der Waals surface area contributed by atoms with Crippen LogP contribution in [-0.2, 0) is 9.47 Å². The number of pyridine rings is 1. The summed E-state index contributed by atoms with van der Waals surface area (Å²) in [7, 11) is 3.07. The summed E-state index contributed by atoms with van der Waals surface area (Å²) in [6.45, 7) is 0.664. The van der Waals surface area contributed by atoms with Gasteiger partial charge in [-0.05, 0) is 12.1 Å². The lowest BCUT2D eigenvalue weighted by molar-refractivity contribution is 0.0285. The molecule has 0 aromatic carbocycles. The maximum atomic E-state index is 11.8. The molecule has 7 nitrogen and oxygen atoms in total. The Hall–Kier alpha value is -1.99. The Labute approximate surface area is 110 Å². The number of carbonyl (C=O) groups excluding carboxylic acids is 1. The maximum Gasteiger partial charge on any atom is 0.354 e. The minimum Gasteiger partial charge on any atom is -0.477 e. The summed E-state index contributed by atoms with van der Waals surface area (Å²) in [5.41, 5.74) is 0.183. The van der Waals surface area contributed by atoms with Crippen molar-refractivity contribution in [3.63, 3.8) is 0 Å². The number of hydrogen-bond donors (Lipinski definition) is 2. The second kappa shape index (κ2) is 7.45. The molecule has 1 atom stereocenters. The molecule has 0 aliphatic carbocycles. The topological polar surface area (TPSA) is 97.8 Å². The van der Waals surface area contributed by atoms with Gasteiger partial charge >= 0.3 is 5.97 Å². The van der Waals surface area contributed by atoms with Crippen LogP contribution in [0.5, 0.6) is 0 Å². The molecule has 0 saturated carbocycles. The molecule has 104 valence electrons. The molecule has 1 aromatic heterocycles. The summed E-state index contributed by atoms with van der Waals surface area (Å²) in [6.07, 6.45) is 0.983. The lowest BCUT2D eigenvalue weighted by atomic mass is 10.2. The molecule has 1 rings (SSSR count). The number of ether oxygens (including phenoxy) is 2. The number of carboxylic acids is 1. The van der Waals surface area contributed by atoms with Crippen LogP contribution in [0.15, 0.2) is 18.3 Å². The summed E-state index contributed by atoms with van der Waals surface area (Å²) >= 11 is 0. The van der Waals surface area contributed by atoms with Crippen molar-refractivity contribution in [2.24, 2.45) is 0 Å². The second-order valence-corrected chi connectivity index (χ2v) is 3.76. The van der Waals surface area contributed by atoms with Gasteiger partial charge in [0.2, 0.25) is 0 Å². The number of nitrogens with zero attached hydrogens (tertiary/aromatic N) is 1. The molecule has 1 amide bonds. The van der Waals surface area contributed by atoms with Gasteiger partial charge in [0.05, 0.1) is 18.3 Å². The molecule has 0 spiro atoms. The Morgan fingerprint density at radius 1 is 1.42 bits per heavy atom. The molecule has 0 radical (unpaired) electrons. The Morgan fingerprint density at radius 2 is 2.16 bits per heavy atom. The summed E-state index contributed by atoms with van der Waals surface area (Å²) in [5.74, 6) is -1.48. The van der Waals surface area contributed by atoms with Crippen molar-refractivity contribution in [1.82, 2.24) is 10.3 Å². The number of hydrogen-bond acceptors (Lipinski definition) is 5. The molecule has 7 heteroatoms. The first-order valence-corrected chi connectivity index (χ1v) is 5.57. The van der Waals surface area contributed by atoms with Crippen LogP contribution >= 0.6 is 0 Å². The van der Waals surface area contributed by atoms with Crippen molar-refractivity contribution in [2.45, 2.75) is 6.10 Å².